The van der Waals surface area contributed by atoms with Gasteiger partial charge in [-0.2, -0.15) is 0 Å². The van der Waals surface area contributed by atoms with Gasteiger partial charge in [-0.1, -0.05) is 0 Å². The molecule has 0 fully saturated rings. The molecule has 0 atom stereocenters. The van der Waals surface area contributed by atoms with Crippen LogP contribution in [0.5, 0.6) is 0 Å². The van der Waals surface area contributed by atoms with E-state index in [2.05, 4.69) is 5.32 Å². The number of amides is 2. The average Bonchev–Trinajstić information content (AvgIpc) is 2.29. The summed E-state index contributed by atoms with van der Waals surface area (Å²) in [6.07, 6.45) is 0. The summed E-state index contributed by atoms with van der Waals surface area (Å²) in [5, 5.41) is 2.94. The van der Waals surface area contributed by atoms with Gasteiger partial charge in [-0.05, 0) is 34.7 Å². The van der Waals surface area contributed by atoms with Crippen LogP contribution < -0.4 is 5.32 Å². The van der Waals surface area contributed by atoms with Crippen molar-refractivity contribution in [2.24, 2.45) is 0 Å². The van der Waals surface area contributed by atoms with Gasteiger partial charge >= 0.3 is 0 Å². The number of nitrogens with zero attached hydrogens (tertiary/aromatic N) is 2. The van der Waals surface area contributed by atoms with Crippen LogP contribution in [0, 0.1) is 0 Å². The molecule has 0 spiro atoms. The minimum atomic E-state index is -0.641. The largest absolute Gasteiger partial charge is 0.342 e. The van der Waals surface area contributed by atoms with Crippen molar-refractivity contribution in [3.05, 3.63) is 0 Å². The Hall–Kier alpha value is -1.10. The summed E-state index contributed by atoms with van der Waals surface area (Å²) in [4.78, 5) is 27.1. The fourth-order valence-corrected chi connectivity index (χ4v) is 1.54. The molecule has 0 radical (unpaired) electrons. The Morgan fingerprint density at radius 3 is 2.00 bits per heavy atom. The van der Waals surface area contributed by atoms with E-state index in [1.165, 1.54) is 4.90 Å². The number of rotatable bonds is 6. The van der Waals surface area contributed by atoms with Crippen molar-refractivity contribution in [2.75, 3.05) is 33.7 Å². The van der Waals surface area contributed by atoms with Gasteiger partial charge in [0.1, 0.15) is 0 Å². The van der Waals surface area contributed by atoms with Crippen LogP contribution in [-0.2, 0) is 9.59 Å². The highest BCUT2D eigenvalue weighted by Gasteiger charge is 2.29. The topological polar surface area (TPSA) is 52.7 Å². The van der Waals surface area contributed by atoms with Crippen molar-refractivity contribution in [1.29, 1.82) is 0 Å². The highest BCUT2D eigenvalue weighted by Crippen LogP contribution is 2.06. The molecular formula is C12H25N3O2. The predicted octanol–water partition coefficient (Wildman–Crippen LogP) is 0.311. The first-order valence-corrected chi connectivity index (χ1v) is 6.02. The number of nitrogens with one attached hydrogen (secondary N) is 1. The van der Waals surface area contributed by atoms with E-state index in [0.717, 1.165) is 0 Å². The van der Waals surface area contributed by atoms with Crippen LogP contribution in [0.1, 0.15) is 27.7 Å². The van der Waals surface area contributed by atoms with E-state index < -0.39 is 5.54 Å². The molecule has 0 aliphatic carbocycles. The lowest BCUT2D eigenvalue weighted by Gasteiger charge is -2.30. The molecule has 100 valence electrons. The normalized spacial score (nSPS) is 11.2. The van der Waals surface area contributed by atoms with Crippen molar-refractivity contribution in [3.63, 3.8) is 0 Å². The second-order valence-electron chi connectivity index (χ2n) is 4.60. The molecule has 2 amide bonds. The predicted molar refractivity (Wildman–Crippen MR) is 68.7 cm³/mol. The Morgan fingerprint density at radius 1 is 1.18 bits per heavy atom. The first-order valence-electron chi connectivity index (χ1n) is 6.02. The third-order valence-corrected chi connectivity index (χ3v) is 2.99. The van der Waals surface area contributed by atoms with Crippen molar-refractivity contribution in [1.82, 2.24) is 15.1 Å². The Kier molecular flexibility index (Phi) is 6.16. The standard InChI is InChI=1S/C12H25N3O2/c1-7-15(8-2)10(16)9-14(6)11(17)12(3,4)13-5/h13H,7-9H2,1-6H3. The summed E-state index contributed by atoms with van der Waals surface area (Å²) in [6, 6.07) is 0. The third-order valence-electron chi connectivity index (χ3n) is 2.99. The van der Waals surface area contributed by atoms with Gasteiger partial charge in [0.05, 0.1) is 12.1 Å². The number of carbonyl (C=O) groups is 2. The van der Waals surface area contributed by atoms with Crippen molar-refractivity contribution < 1.29 is 9.59 Å². The van der Waals surface area contributed by atoms with Gasteiger partial charge in [-0.25, -0.2) is 0 Å². The number of likely N-dealkylation sites (N-methyl/N-ethyl adjacent to an activating group) is 3. The minimum absolute atomic E-state index is 0.0160. The Balaban J connectivity index is 4.50. The van der Waals surface area contributed by atoms with Crippen molar-refractivity contribution in [2.45, 2.75) is 33.2 Å². The number of hydrogen-bond acceptors (Lipinski definition) is 3. The Labute approximate surface area is 104 Å². The van der Waals surface area contributed by atoms with Crippen LogP contribution in [0.25, 0.3) is 0 Å². The first-order chi connectivity index (χ1) is 7.80. The van der Waals surface area contributed by atoms with Gasteiger partial charge in [0.15, 0.2) is 0 Å². The molecule has 0 aromatic carbocycles. The van der Waals surface area contributed by atoms with Crippen molar-refractivity contribution in [3.8, 4) is 0 Å². The molecule has 5 heteroatoms. The fraction of sp³-hybridized carbons (Fsp3) is 0.833. The molecule has 0 aliphatic rings. The molecule has 0 aromatic rings. The first kappa shape index (κ1) is 15.9. The number of hydrogen-bond donors (Lipinski definition) is 1. The van der Waals surface area contributed by atoms with Crippen LogP contribution in [0.2, 0.25) is 0 Å². The maximum absolute atomic E-state index is 12.0. The lowest BCUT2D eigenvalue weighted by atomic mass is 10.0. The third kappa shape index (κ3) is 4.34. The minimum Gasteiger partial charge on any atom is -0.342 e. The van der Waals surface area contributed by atoms with Crippen LogP contribution in [-0.4, -0.2) is 60.9 Å². The zero-order chi connectivity index (χ0) is 13.6. The average molecular weight is 243 g/mol. The van der Waals surface area contributed by atoms with Gasteiger partial charge in [0.2, 0.25) is 11.8 Å². The highest BCUT2D eigenvalue weighted by molar-refractivity contribution is 5.89. The molecule has 1 N–H and O–H groups in total. The van der Waals surface area contributed by atoms with Gasteiger partial charge < -0.3 is 15.1 Å². The molecule has 0 saturated heterocycles. The summed E-state index contributed by atoms with van der Waals surface area (Å²) in [6.45, 7) is 8.94. The molecule has 0 heterocycles. The Bertz CT molecular complexity index is 273. The zero-order valence-corrected chi connectivity index (χ0v) is 11.8. The summed E-state index contributed by atoms with van der Waals surface area (Å²) in [5.74, 6) is -0.0988. The van der Waals surface area contributed by atoms with E-state index in [0.29, 0.717) is 13.1 Å². The van der Waals surface area contributed by atoms with Crippen LogP contribution in [0.15, 0.2) is 0 Å². The van der Waals surface area contributed by atoms with Gasteiger partial charge in [0, 0.05) is 20.1 Å². The molecule has 0 rings (SSSR count). The summed E-state index contributed by atoms with van der Waals surface area (Å²) in [5.41, 5.74) is -0.641. The lowest BCUT2D eigenvalue weighted by molar-refractivity contribution is -0.142. The van der Waals surface area contributed by atoms with Crippen molar-refractivity contribution >= 4 is 11.8 Å². The molecule has 0 bridgehead atoms. The van der Waals surface area contributed by atoms with E-state index in [-0.39, 0.29) is 18.4 Å². The van der Waals surface area contributed by atoms with Gasteiger partial charge in [0.25, 0.3) is 0 Å². The van der Waals surface area contributed by atoms with Crippen LogP contribution in [0.4, 0.5) is 0 Å². The van der Waals surface area contributed by atoms with Gasteiger partial charge in [-0.15, -0.1) is 0 Å². The van der Waals surface area contributed by atoms with E-state index in [9.17, 15) is 9.59 Å². The van der Waals surface area contributed by atoms with E-state index in [1.807, 2.05) is 13.8 Å². The van der Waals surface area contributed by atoms with Crippen LogP contribution in [0.3, 0.4) is 0 Å². The van der Waals surface area contributed by atoms with E-state index >= 15 is 0 Å². The summed E-state index contributed by atoms with van der Waals surface area (Å²) >= 11 is 0. The van der Waals surface area contributed by atoms with Gasteiger partial charge in [-0.3, -0.25) is 9.59 Å². The lowest BCUT2D eigenvalue weighted by Crippen LogP contribution is -2.53. The monoisotopic (exact) mass is 243 g/mol. The number of carbonyl (C=O) groups excluding carboxylic acids is 2. The molecule has 0 aromatic heterocycles. The maximum Gasteiger partial charge on any atom is 0.242 e. The molecule has 0 aliphatic heterocycles. The van der Waals surface area contributed by atoms with Crippen LogP contribution >= 0.6 is 0 Å². The maximum atomic E-state index is 12.0. The molecule has 0 saturated carbocycles. The van der Waals surface area contributed by atoms with E-state index in [1.54, 1.807) is 32.8 Å². The SMILES string of the molecule is CCN(CC)C(=O)CN(C)C(=O)C(C)(C)NC. The molecule has 5 nitrogen and oxygen atoms in total. The molecule has 0 unspecified atom stereocenters. The smallest absolute Gasteiger partial charge is 0.242 e. The highest BCUT2D eigenvalue weighted by atomic mass is 16.2. The quantitative estimate of drug-likeness (QED) is 0.730. The summed E-state index contributed by atoms with van der Waals surface area (Å²) in [7, 11) is 3.39. The zero-order valence-electron chi connectivity index (χ0n) is 11.8. The van der Waals surface area contributed by atoms with E-state index in [4.69, 9.17) is 0 Å². The fourth-order valence-electron chi connectivity index (χ4n) is 1.54. The molecular weight excluding hydrogens is 218 g/mol. The molecule has 17 heavy (non-hydrogen) atoms. The Morgan fingerprint density at radius 2 is 1.65 bits per heavy atom. The second kappa shape index (κ2) is 6.59. The second-order valence-corrected chi connectivity index (χ2v) is 4.60. The summed E-state index contributed by atoms with van der Waals surface area (Å²) < 4.78 is 0.